The molecule has 0 saturated carbocycles. The quantitative estimate of drug-likeness (QED) is 0.214. The van der Waals surface area contributed by atoms with E-state index >= 15 is 0 Å². The minimum absolute atomic E-state index is 0. The monoisotopic (exact) mass is 476 g/mol. The molecule has 155 valence electrons. The summed E-state index contributed by atoms with van der Waals surface area (Å²) >= 11 is 0. The van der Waals surface area contributed by atoms with E-state index in [2.05, 4.69) is 11.8 Å². The van der Waals surface area contributed by atoms with E-state index in [1.807, 2.05) is 42.5 Å². The fraction of sp³-hybridized carbons (Fsp3) is 0.350. The number of hydrogen-bond acceptors (Lipinski definition) is 6. The molecule has 1 aliphatic heterocycles. The van der Waals surface area contributed by atoms with Gasteiger partial charge in [-0.25, -0.2) is 0 Å². The number of ether oxygens (including phenoxy) is 1. The summed E-state index contributed by atoms with van der Waals surface area (Å²) in [6.45, 7) is -0.429. The zero-order valence-electron chi connectivity index (χ0n) is 15.8. The van der Waals surface area contributed by atoms with Crippen molar-refractivity contribution in [1.29, 1.82) is 5.41 Å². The molecular formula is C20H25N3O5Y-2. The van der Waals surface area contributed by atoms with Crippen LogP contribution in [0.5, 0.6) is 0 Å². The van der Waals surface area contributed by atoms with Gasteiger partial charge in [-0.05, 0) is 23.5 Å². The Kier molecular flexibility index (Phi) is 10.9. The van der Waals surface area contributed by atoms with Crippen molar-refractivity contribution in [2.45, 2.75) is 36.9 Å². The number of aliphatic hydroxyl groups excluding tert-OH is 4. The summed E-state index contributed by atoms with van der Waals surface area (Å²) in [5.74, 6) is -0.583. The van der Waals surface area contributed by atoms with E-state index in [1.165, 1.54) is 0 Å². The first-order valence-corrected chi connectivity index (χ1v) is 8.73. The second-order valence-corrected chi connectivity index (χ2v) is 6.49. The smallest absolute Gasteiger partial charge is 0.113 e. The van der Waals surface area contributed by atoms with E-state index in [-0.39, 0.29) is 32.7 Å². The van der Waals surface area contributed by atoms with E-state index in [0.717, 1.165) is 17.5 Å². The Hall–Kier alpha value is -1.39. The van der Waals surface area contributed by atoms with Crippen LogP contribution in [0.3, 0.4) is 0 Å². The fourth-order valence-corrected chi connectivity index (χ4v) is 3.03. The van der Waals surface area contributed by atoms with Gasteiger partial charge in [0.05, 0.1) is 6.61 Å². The van der Waals surface area contributed by atoms with Gasteiger partial charge >= 0.3 is 0 Å². The van der Waals surface area contributed by atoms with Crippen LogP contribution >= 0.6 is 0 Å². The van der Waals surface area contributed by atoms with Crippen LogP contribution in [-0.4, -0.2) is 57.4 Å². The second-order valence-electron chi connectivity index (χ2n) is 6.49. The Bertz CT molecular complexity index is 759. The zero-order chi connectivity index (χ0) is 20.7. The number of aliphatic hydroxyl groups is 4. The number of hydrogen-bond donors (Lipinski definition) is 6. The van der Waals surface area contributed by atoms with Crippen LogP contribution in [-0.2, 0) is 43.9 Å². The number of nitrogens with two attached hydrogens (primary N) is 1. The molecule has 0 aromatic heterocycles. The van der Waals surface area contributed by atoms with Crippen LogP contribution in [0.4, 0.5) is 0 Å². The van der Waals surface area contributed by atoms with Crippen molar-refractivity contribution >= 4 is 5.96 Å². The predicted octanol–water partition coefficient (Wildman–Crippen LogP) is 0.522. The van der Waals surface area contributed by atoms with Crippen molar-refractivity contribution < 1.29 is 57.9 Å². The molecule has 1 saturated heterocycles. The van der Waals surface area contributed by atoms with Crippen LogP contribution in [0, 0.1) is 11.5 Å². The maximum atomic E-state index is 10.2. The van der Waals surface area contributed by atoms with Gasteiger partial charge in [-0.15, -0.1) is 0 Å². The molecule has 9 heteroatoms. The number of rotatable bonds is 4. The van der Waals surface area contributed by atoms with Crippen LogP contribution in [0.2, 0.25) is 0 Å². The van der Waals surface area contributed by atoms with Gasteiger partial charge in [0, 0.05) is 32.7 Å². The normalized spacial score (nSPS) is 25.9. The first kappa shape index (κ1) is 25.7. The molecular weight excluding hydrogens is 451 g/mol. The second kappa shape index (κ2) is 12.3. The van der Waals surface area contributed by atoms with Gasteiger partial charge in [0.15, 0.2) is 0 Å². The Labute approximate surface area is 194 Å². The summed E-state index contributed by atoms with van der Waals surface area (Å²) in [4.78, 5) is 0. The number of guanidine groups is 1. The molecule has 5 atom stereocenters. The van der Waals surface area contributed by atoms with Crippen molar-refractivity contribution in [3.8, 4) is 0 Å². The van der Waals surface area contributed by atoms with Crippen LogP contribution < -0.4 is 5.73 Å². The van der Waals surface area contributed by atoms with Crippen molar-refractivity contribution in [2.75, 3.05) is 6.61 Å². The predicted molar refractivity (Wildman–Crippen MR) is 103 cm³/mol. The van der Waals surface area contributed by atoms with Crippen LogP contribution in [0.25, 0.3) is 5.73 Å². The van der Waals surface area contributed by atoms with E-state index in [4.69, 9.17) is 15.9 Å². The minimum Gasteiger partial charge on any atom is -0.454 e. The Morgan fingerprint density at radius 3 is 2.28 bits per heavy atom. The average molecular weight is 476 g/mol. The molecule has 1 heterocycles. The van der Waals surface area contributed by atoms with Crippen LogP contribution in [0.15, 0.2) is 48.5 Å². The third-order valence-electron chi connectivity index (χ3n) is 4.37. The molecule has 2 aromatic carbocycles. The maximum Gasteiger partial charge on any atom is 0.113 e. The van der Waals surface area contributed by atoms with Gasteiger partial charge in [0.1, 0.15) is 30.5 Å². The van der Waals surface area contributed by atoms with Gasteiger partial charge in [-0.2, -0.15) is 35.9 Å². The summed E-state index contributed by atoms with van der Waals surface area (Å²) in [7, 11) is 0. The van der Waals surface area contributed by atoms with Crippen molar-refractivity contribution in [3.63, 3.8) is 0 Å². The summed E-state index contributed by atoms with van der Waals surface area (Å²) in [6, 6.07) is 18.2. The molecule has 8 nitrogen and oxygen atoms in total. The Morgan fingerprint density at radius 1 is 1.07 bits per heavy atom. The molecule has 0 aliphatic carbocycles. The van der Waals surface area contributed by atoms with Crippen LogP contribution in [0.1, 0.15) is 22.8 Å². The van der Waals surface area contributed by atoms with Gasteiger partial charge in [0.25, 0.3) is 0 Å². The van der Waals surface area contributed by atoms with Crippen molar-refractivity contribution in [3.05, 3.63) is 77.0 Å². The topological polar surface area (TPSA) is 164 Å². The fourth-order valence-electron chi connectivity index (χ4n) is 3.03. The largest absolute Gasteiger partial charge is 0.454 e. The molecule has 0 spiro atoms. The summed E-state index contributed by atoms with van der Waals surface area (Å²) in [5, 5.41) is 45.3. The van der Waals surface area contributed by atoms with Gasteiger partial charge in [-0.3, -0.25) is 0 Å². The Morgan fingerprint density at radius 2 is 1.69 bits per heavy atom. The molecule has 2 aromatic rings. The molecule has 8 N–H and O–H groups in total. The molecule has 1 unspecified atom stereocenters. The Balaban J connectivity index is 0.000000771. The summed E-state index contributed by atoms with van der Waals surface area (Å²) in [5.41, 5.74) is 13.2. The molecule has 3 rings (SSSR count). The van der Waals surface area contributed by atoms with E-state index in [9.17, 15) is 20.4 Å². The number of benzene rings is 2. The van der Waals surface area contributed by atoms with Crippen molar-refractivity contribution in [2.24, 2.45) is 5.73 Å². The van der Waals surface area contributed by atoms with Crippen molar-refractivity contribution in [1.82, 2.24) is 0 Å². The standard InChI is InChI=1S/C19H21O5.CH4N3.Y/c20-11-15-16(21)17(22)18(23)19(24-15)14-8-4-7-13(10-14)9-12-5-2-1-3-6-12;2-1(3)4;/h2-8,10,15-23H,9,11H2;(H4-,2,3,4);/q2*-1;/t15-,16?,17+,18-,19+;;/m1../s1. The average Bonchev–Trinajstić information content (AvgIpc) is 2.67. The molecule has 29 heavy (non-hydrogen) atoms. The third-order valence-corrected chi connectivity index (χ3v) is 4.37. The minimum atomic E-state index is -1.37. The van der Waals surface area contributed by atoms with Gasteiger partial charge in [-0.1, -0.05) is 24.3 Å². The summed E-state index contributed by atoms with van der Waals surface area (Å²) in [6.07, 6.45) is -4.95. The van der Waals surface area contributed by atoms with E-state index in [1.54, 1.807) is 6.07 Å². The van der Waals surface area contributed by atoms with Gasteiger partial charge < -0.3 is 42.0 Å². The van der Waals surface area contributed by atoms with Gasteiger partial charge in [0.2, 0.25) is 0 Å². The maximum absolute atomic E-state index is 10.2. The first-order valence-electron chi connectivity index (χ1n) is 8.73. The number of nitrogens with one attached hydrogen (secondary N) is 2. The third kappa shape index (κ3) is 7.42. The molecule has 0 bridgehead atoms. The molecule has 1 fully saturated rings. The molecule has 1 radical (unpaired) electrons. The molecule has 1 aliphatic rings. The zero-order valence-corrected chi connectivity index (χ0v) is 18.6. The van der Waals surface area contributed by atoms with E-state index < -0.39 is 43.1 Å². The SMILES string of the molecule is N=C([NH-])N.OC[C@H]1O[C@@H](c2cccc(Cc3cc[c-]cc3)c2)[C@H](O)[C@@H](O)C1O.[Y]. The van der Waals surface area contributed by atoms with E-state index in [0.29, 0.717) is 5.56 Å². The summed E-state index contributed by atoms with van der Waals surface area (Å²) < 4.78 is 5.61. The molecule has 0 amide bonds. The first-order chi connectivity index (χ1) is 13.3.